The number of benzene rings is 2. The summed E-state index contributed by atoms with van der Waals surface area (Å²) in [6.45, 7) is 0.586. The molecule has 1 atom stereocenters. The number of hydrogen-bond donors (Lipinski definition) is 3. The van der Waals surface area contributed by atoms with Crippen LogP contribution in [0.5, 0.6) is 17.2 Å². The third kappa shape index (κ3) is 2.55. The number of fused-ring (bicyclic) bond motifs is 2. The first-order chi connectivity index (χ1) is 12.1. The van der Waals surface area contributed by atoms with Crippen LogP contribution >= 0.6 is 0 Å². The minimum atomic E-state index is -0.128. The molecule has 2 aromatic rings. The van der Waals surface area contributed by atoms with Gasteiger partial charge in [-0.1, -0.05) is 12.1 Å². The largest absolute Gasteiger partial charge is 0.508 e. The van der Waals surface area contributed by atoms with Gasteiger partial charge < -0.3 is 25.2 Å². The fourth-order valence-electron chi connectivity index (χ4n) is 3.36. The van der Waals surface area contributed by atoms with Crippen LogP contribution in [0.1, 0.15) is 22.3 Å². The Kier molecular flexibility index (Phi) is 3.53. The number of aromatic hydroxyl groups is 2. The fraction of sp³-hybridized carbons (Fsp3) is 0.211. The Balaban J connectivity index is 1.71. The minimum absolute atomic E-state index is 0.00293. The molecule has 1 unspecified atom stereocenters. The van der Waals surface area contributed by atoms with E-state index in [1.807, 2.05) is 18.3 Å². The van der Waals surface area contributed by atoms with Crippen LogP contribution in [-0.2, 0) is 0 Å². The number of hydrogen-bond acceptors (Lipinski definition) is 5. The standard InChI is InChI=1S/C19H18N2O4/c1-25-18-7-15-16(8-17(18)23)20-9-13-6-12(10-21(13)19(15)24)11-2-4-14(22)5-3-11/h2-5,7-8,10,13,20,22-23H,6,9H2,1H3. The number of methoxy groups -OCH3 is 1. The number of anilines is 1. The van der Waals surface area contributed by atoms with Gasteiger partial charge in [-0.15, -0.1) is 0 Å². The first-order valence-electron chi connectivity index (χ1n) is 8.04. The van der Waals surface area contributed by atoms with E-state index in [-0.39, 0.29) is 29.2 Å². The molecule has 0 saturated heterocycles. The van der Waals surface area contributed by atoms with E-state index in [2.05, 4.69) is 5.32 Å². The molecule has 0 spiro atoms. The summed E-state index contributed by atoms with van der Waals surface area (Å²) < 4.78 is 5.13. The predicted octanol–water partition coefficient (Wildman–Crippen LogP) is 2.79. The van der Waals surface area contributed by atoms with E-state index in [0.29, 0.717) is 17.8 Å². The van der Waals surface area contributed by atoms with Crippen LogP contribution in [0.4, 0.5) is 5.69 Å². The maximum atomic E-state index is 13.0. The number of phenolic OH excluding ortho intramolecular Hbond substituents is 2. The van der Waals surface area contributed by atoms with E-state index in [0.717, 1.165) is 17.6 Å². The monoisotopic (exact) mass is 338 g/mol. The highest BCUT2D eigenvalue weighted by molar-refractivity contribution is 6.03. The molecule has 0 fully saturated rings. The lowest BCUT2D eigenvalue weighted by Crippen LogP contribution is -2.34. The smallest absolute Gasteiger partial charge is 0.260 e. The molecule has 2 heterocycles. The van der Waals surface area contributed by atoms with Crippen molar-refractivity contribution in [2.45, 2.75) is 12.5 Å². The predicted molar refractivity (Wildman–Crippen MR) is 93.8 cm³/mol. The first-order valence-corrected chi connectivity index (χ1v) is 8.04. The number of carbonyl (C=O) groups is 1. The quantitative estimate of drug-likeness (QED) is 0.784. The number of carbonyl (C=O) groups excluding carboxylic acids is 1. The molecular formula is C19H18N2O4. The van der Waals surface area contributed by atoms with Gasteiger partial charge in [0.2, 0.25) is 0 Å². The number of phenols is 2. The lowest BCUT2D eigenvalue weighted by Gasteiger charge is -2.20. The Morgan fingerprint density at radius 3 is 2.68 bits per heavy atom. The molecule has 2 aliphatic rings. The molecule has 2 aromatic carbocycles. The van der Waals surface area contributed by atoms with Crippen molar-refractivity contribution in [1.29, 1.82) is 0 Å². The van der Waals surface area contributed by atoms with Gasteiger partial charge in [-0.25, -0.2) is 0 Å². The zero-order valence-electron chi connectivity index (χ0n) is 13.7. The third-order valence-corrected chi connectivity index (χ3v) is 4.69. The average Bonchev–Trinajstić information content (AvgIpc) is 2.99. The molecule has 0 bridgehead atoms. The molecule has 128 valence electrons. The normalized spacial score (nSPS) is 18.8. The Morgan fingerprint density at radius 2 is 1.96 bits per heavy atom. The van der Waals surface area contributed by atoms with Crippen molar-refractivity contribution in [3.8, 4) is 17.2 Å². The Labute approximate surface area is 145 Å². The Bertz CT molecular complexity index is 874. The van der Waals surface area contributed by atoms with Crippen LogP contribution in [0, 0.1) is 0 Å². The lowest BCUT2D eigenvalue weighted by atomic mass is 10.0. The van der Waals surface area contributed by atoms with Crippen LogP contribution in [-0.4, -0.2) is 40.7 Å². The highest BCUT2D eigenvalue weighted by Crippen LogP contribution is 2.38. The molecule has 3 N–H and O–H groups in total. The van der Waals surface area contributed by atoms with Crippen molar-refractivity contribution >= 4 is 17.2 Å². The van der Waals surface area contributed by atoms with Gasteiger partial charge in [0.25, 0.3) is 5.91 Å². The van der Waals surface area contributed by atoms with Crippen molar-refractivity contribution < 1.29 is 19.7 Å². The molecule has 6 nitrogen and oxygen atoms in total. The summed E-state index contributed by atoms with van der Waals surface area (Å²) in [5.74, 6) is 0.366. The highest BCUT2D eigenvalue weighted by atomic mass is 16.5. The van der Waals surface area contributed by atoms with Crippen LogP contribution < -0.4 is 10.1 Å². The number of amides is 1. The van der Waals surface area contributed by atoms with E-state index >= 15 is 0 Å². The summed E-state index contributed by atoms with van der Waals surface area (Å²) in [7, 11) is 1.46. The summed E-state index contributed by atoms with van der Waals surface area (Å²) in [5.41, 5.74) is 3.12. The second-order valence-electron chi connectivity index (χ2n) is 6.22. The van der Waals surface area contributed by atoms with Crippen molar-refractivity contribution in [2.75, 3.05) is 19.0 Å². The van der Waals surface area contributed by atoms with E-state index in [9.17, 15) is 15.0 Å². The molecule has 6 heteroatoms. The van der Waals surface area contributed by atoms with Gasteiger partial charge in [0.15, 0.2) is 11.5 Å². The van der Waals surface area contributed by atoms with Crippen LogP contribution in [0.2, 0.25) is 0 Å². The summed E-state index contributed by atoms with van der Waals surface area (Å²) in [4.78, 5) is 14.7. The van der Waals surface area contributed by atoms with Gasteiger partial charge in [0.1, 0.15) is 5.75 Å². The van der Waals surface area contributed by atoms with Gasteiger partial charge in [-0.2, -0.15) is 0 Å². The van der Waals surface area contributed by atoms with Gasteiger partial charge in [0.05, 0.1) is 24.4 Å². The van der Waals surface area contributed by atoms with Gasteiger partial charge in [-0.05, 0) is 35.8 Å². The van der Waals surface area contributed by atoms with Gasteiger partial charge in [-0.3, -0.25) is 4.79 Å². The highest BCUT2D eigenvalue weighted by Gasteiger charge is 2.34. The first kappa shape index (κ1) is 15.4. The molecule has 4 rings (SSSR count). The minimum Gasteiger partial charge on any atom is -0.508 e. The van der Waals surface area contributed by atoms with Gasteiger partial charge >= 0.3 is 0 Å². The maximum absolute atomic E-state index is 13.0. The van der Waals surface area contributed by atoms with E-state index in [4.69, 9.17) is 4.74 Å². The van der Waals surface area contributed by atoms with Crippen LogP contribution in [0.3, 0.4) is 0 Å². The Morgan fingerprint density at radius 1 is 1.20 bits per heavy atom. The summed E-state index contributed by atoms with van der Waals surface area (Å²) in [6.07, 6.45) is 2.59. The van der Waals surface area contributed by atoms with Crippen molar-refractivity contribution in [3.63, 3.8) is 0 Å². The summed E-state index contributed by atoms with van der Waals surface area (Å²) in [6, 6.07) is 10.1. The number of nitrogens with zero attached hydrogens (tertiary/aromatic N) is 1. The van der Waals surface area contributed by atoms with Gasteiger partial charge in [0, 0.05) is 18.8 Å². The number of ether oxygens (including phenoxy) is 1. The molecular weight excluding hydrogens is 320 g/mol. The molecule has 0 aromatic heterocycles. The summed E-state index contributed by atoms with van der Waals surface area (Å²) >= 11 is 0. The van der Waals surface area contributed by atoms with Crippen molar-refractivity contribution in [3.05, 3.63) is 53.7 Å². The van der Waals surface area contributed by atoms with Crippen LogP contribution in [0.15, 0.2) is 42.6 Å². The molecule has 25 heavy (non-hydrogen) atoms. The SMILES string of the molecule is COc1cc2c(cc1O)NCC1CC(c3ccc(O)cc3)=CN1C2=O. The Hall–Kier alpha value is -3.15. The zero-order valence-corrected chi connectivity index (χ0v) is 13.7. The summed E-state index contributed by atoms with van der Waals surface area (Å²) in [5, 5.41) is 22.6. The van der Waals surface area contributed by atoms with Crippen molar-refractivity contribution in [2.24, 2.45) is 0 Å². The van der Waals surface area contributed by atoms with Crippen molar-refractivity contribution in [1.82, 2.24) is 4.90 Å². The number of nitrogens with one attached hydrogen (secondary N) is 1. The number of rotatable bonds is 2. The second kappa shape index (κ2) is 5.73. The molecule has 0 radical (unpaired) electrons. The molecule has 0 saturated carbocycles. The molecule has 1 amide bonds. The second-order valence-corrected chi connectivity index (χ2v) is 6.22. The molecule has 2 aliphatic heterocycles. The topological polar surface area (TPSA) is 82.0 Å². The van der Waals surface area contributed by atoms with E-state index in [1.165, 1.54) is 13.2 Å². The van der Waals surface area contributed by atoms with E-state index in [1.54, 1.807) is 23.1 Å². The molecule has 0 aliphatic carbocycles. The zero-order chi connectivity index (χ0) is 17.6. The maximum Gasteiger partial charge on any atom is 0.260 e. The third-order valence-electron chi connectivity index (χ3n) is 4.69. The fourth-order valence-corrected chi connectivity index (χ4v) is 3.36. The lowest BCUT2D eigenvalue weighted by molar-refractivity contribution is 0.0796. The van der Waals surface area contributed by atoms with Crippen LogP contribution in [0.25, 0.3) is 5.57 Å². The van der Waals surface area contributed by atoms with E-state index < -0.39 is 0 Å². The average molecular weight is 338 g/mol.